The average molecular weight is 260 g/mol. The fourth-order valence-electron chi connectivity index (χ4n) is 2.45. The van der Waals surface area contributed by atoms with Crippen molar-refractivity contribution >= 4 is 17.3 Å². The average Bonchev–Trinajstić information content (AvgIpc) is 2.46. The molecule has 102 valence electrons. The molecule has 1 aliphatic rings. The molecule has 0 saturated heterocycles. The van der Waals surface area contributed by atoms with Crippen molar-refractivity contribution in [1.29, 1.82) is 0 Å². The highest BCUT2D eigenvalue weighted by Gasteiger charge is 2.25. The Labute approximate surface area is 113 Å². The zero-order valence-corrected chi connectivity index (χ0v) is 11.3. The molecule has 1 N–H and O–H groups in total. The van der Waals surface area contributed by atoms with E-state index in [4.69, 9.17) is 5.21 Å². The summed E-state index contributed by atoms with van der Waals surface area (Å²) < 4.78 is 0. The van der Waals surface area contributed by atoms with Gasteiger partial charge in [0.2, 0.25) is 5.91 Å². The Kier molecular flexibility index (Phi) is 4.55. The van der Waals surface area contributed by atoms with E-state index in [1.165, 1.54) is 0 Å². The Hall–Kier alpha value is -1.84. The molecule has 0 aliphatic carbocycles. The van der Waals surface area contributed by atoms with Crippen LogP contribution >= 0.6 is 0 Å². The molecule has 19 heavy (non-hydrogen) atoms. The van der Waals surface area contributed by atoms with E-state index < -0.39 is 0 Å². The zero-order chi connectivity index (χ0) is 13.7. The Morgan fingerprint density at radius 3 is 2.89 bits per heavy atom. The van der Waals surface area contributed by atoms with E-state index in [2.05, 4.69) is 12.1 Å². The first-order valence-corrected chi connectivity index (χ1v) is 6.88. The smallest absolute Gasteiger partial charge is 0.227 e. The molecule has 0 radical (unpaired) electrons. The number of carbonyl (C=O) groups is 1. The predicted octanol–water partition coefficient (Wildman–Crippen LogP) is 3.18. The van der Waals surface area contributed by atoms with Gasteiger partial charge in [0, 0.05) is 24.9 Å². The fraction of sp³-hybridized carbons (Fsp3) is 0.467. The molecule has 0 unspecified atom stereocenters. The number of benzene rings is 1. The Balaban J connectivity index is 2.18. The molecule has 1 aromatic rings. The number of hydrogen-bond acceptors (Lipinski definition) is 3. The van der Waals surface area contributed by atoms with Gasteiger partial charge in [0.15, 0.2) is 0 Å². The first kappa shape index (κ1) is 13.6. The molecule has 0 fully saturated rings. The highest BCUT2D eigenvalue weighted by Crippen LogP contribution is 2.28. The molecule has 2 rings (SSSR count). The molecule has 0 aromatic heterocycles. The van der Waals surface area contributed by atoms with Crippen molar-refractivity contribution in [2.45, 2.75) is 39.0 Å². The van der Waals surface area contributed by atoms with E-state index in [0.717, 1.165) is 30.5 Å². The fourth-order valence-corrected chi connectivity index (χ4v) is 2.45. The van der Waals surface area contributed by atoms with Crippen molar-refractivity contribution in [2.24, 2.45) is 5.16 Å². The summed E-state index contributed by atoms with van der Waals surface area (Å²) in [6.07, 6.45) is 4.34. The van der Waals surface area contributed by atoms with Crippen LogP contribution in [0.25, 0.3) is 0 Å². The number of fused-ring (bicyclic) bond motifs is 1. The van der Waals surface area contributed by atoms with Crippen LogP contribution in [-0.2, 0) is 4.79 Å². The van der Waals surface area contributed by atoms with Gasteiger partial charge in [0.05, 0.1) is 11.4 Å². The van der Waals surface area contributed by atoms with Gasteiger partial charge in [-0.2, -0.15) is 0 Å². The SMILES string of the molecule is CCCCCC(=O)N1CCC(=NO)c2ccccc21. The maximum Gasteiger partial charge on any atom is 0.227 e. The third-order valence-corrected chi connectivity index (χ3v) is 3.49. The van der Waals surface area contributed by atoms with Crippen LogP contribution < -0.4 is 4.90 Å². The quantitative estimate of drug-likeness (QED) is 0.513. The van der Waals surface area contributed by atoms with Crippen LogP contribution in [0.5, 0.6) is 0 Å². The molecule has 4 nitrogen and oxygen atoms in total. The minimum Gasteiger partial charge on any atom is -0.411 e. The molecule has 1 aromatic carbocycles. The molecule has 1 amide bonds. The Bertz CT molecular complexity index is 483. The molecule has 0 spiro atoms. The van der Waals surface area contributed by atoms with Crippen molar-refractivity contribution in [3.8, 4) is 0 Å². The Morgan fingerprint density at radius 2 is 2.16 bits per heavy atom. The largest absolute Gasteiger partial charge is 0.411 e. The van der Waals surface area contributed by atoms with Crippen LogP contribution in [0.1, 0.15) is 44.6 Å². The topological polar surface area (TPSA) is 52.9 Å². The molecule has 4 heteroatoms. The summed E-state index contributed by atoms with van der Waals surface area (Å²) in [5.74, 6) is 0.165. The number of carbonyl (C=O) groups excluding carboxylic acids is 1. The summed E-state index contributed by atoms with van der Waals surface area (Å²) in [5.41, 5.74) is 2.39. The van der Waals surface area contributed by atoms with Gasteiger partial charge >= 0.3 is 0 Å². The van der Waals surface area contributed by atoms with E-state index in [9.17, 15) is 4.79 Å². The lowest BCUT2D eigenvalue weighted by molar-refractivity contribution is -0.118. The standard InChI is InChI=1S/C15H20N2O2/c1-2-3-4-9-15(18)17-11-10-13(16-19)12-7-5-6-8-14(12)17/h5-8,19H,2-4,9-11H2,1H3. The normalized spacial score (nSPS) is 16.5. The lowest BCUT2D eigenvalue weighted by Crippen LogP contribution is -2.37. The number of unbranched alkanes of at least 4 members (excludes halogenated alkanes) is 2. The third-order valence-electron chi connectivity index (χ3n) is 3.49. The second-order valence-corrected chi connectivity index (χ2v) is 4.82. The van der Waals surface area contributed by atoms with E-state index >= 15 is 0 Å². The lowest BCUT2D eigenvalue weighted by atomic mass is 9.99. The van der Waals surface area contributed by atoms with Crippen molar-refractivity contribution in [3.05, 3.63) is 29.8 Å². The van der Waals surface area contributed by atoms with Crippen molar-refractivity contribution in [3.63, 3.8) is 0 Å². The van der Waals surface area contributed by atoms with Crippen molar-refractivity contribution in [2.75, 3.05) is 11.4 Å². The number of nitrogens with zero attached hydrogens (tertiary/aromatic N) is 2. The van der Waals surface area contributed by atoms with Crippen LogP contribution in [-0.4, -0.2) is 23.4 Å². The number of hydrogen-bond donors (Lipinski definition) is 1. The number of anilines is 1. The highest BCUT2D eigenvalue weighted by molar-refractivity contribution is 6.11. The molecule has 0 saturated carbocycles. The molecule has 1 heterocycles. The van der Waals surface area contributed by atoms with Gasteiger partial charge in [-0.3, -0.25) is 4.79 Å². The zero-order valence-electron chi connectivity index (χ0n) is 11.3. The monoisotopic (exact) mass is 260 g/mol. The number of rotatable bonds is 4. The van der Waals surface area contributed by atoms with Crippen LogP contribution in [0.2, 0.25) is 0 Å². The van der Waals surface area contributed by atoms with Gasteiger partial charge in [0.1, 0.15) is 0 Å². The number of para-hydroxylation sites is 1. The van der Waals surface area contributed by atoms with E-state index in [-0.39, 0.29) is 5.91 Å². The Morgan fingerprint density at radius 1 is 1.37 bits per heavy atom. The molecule has 0 bridgehead atoms. The maximum atomic E-state index is 12.3. The van der Waals surface area contributed by atoms with Gasteiger partial charge in [-0.1, -0.05) is 43.1 Å². The maximum absolute atomic E-state index is 12.3. The molecular formula is C15H20N2O2. The van der Waals surface area contributed by atoms with Gasteiger partial charge in [0.25, 0.3) is 0 Å². The summed E-state index contributed by atoms with van der Waals surface area (Å²) in [5, 5.41) is 12.4. The van der Waals surface area contributed by atoms with Crippen molar-refractivity contribution in [1.82, 2.24) is 0 Å². The summed E-state index contributed by atoms with van der Waals surface area (Å²) in [6.45, 7) is 2.73. The first-order valence-electron chi connectivity index (χ1n) is 6.88. The van der Waals surface area contributed by atoms with E-state index in [0.29, 0.717) is 25.1 Å². The lowest BCUT2D eigenvalue weighted by Gasteiger charge is -2.29. The van der Waals surface area contributed by atoms with Gasteiger partial charge in [-0.25, -0.2) is 0 Å². The highest BCUT2D eigenvalue weighted by atomic mass is 16.4. The minimum absolute atomic E-state index is 0.165. The van der Waals surface area contributed by atoms with Crippen molar-refractivity contribution < 1.29 is 10.0 Å². The number of oxime groups is 1. The minimum atomic E-state index is 0.165. The molecule has 1 aliphatic heterocycles. The van der Waals surface area contributed by atoms with Crippen LogP contribution in [0.15, 0.2) is 29.4 Å². The van der Waals surface area contributed by atoms with E-state index in [1.54, 1.807) is 0 Å². The third kappa shape index (κ3) is 2.95. The summed E-state index contributed by atoms with van der Waals surface area (Å²) >= 11 is 0. The van der Waals surface area contributed by atoms with Gasteiger partial charge in [-0.05, 0) is 12.5 Å². The first-order chi connectivity index (χ1) is 9.27. The van der Waals surface area contributed by atoms with Crippen LogP contribution in [0.4, 0.5) is 5.69 Å². The van der Waals surface area contributed by atoms with Crippen LogP contribution in [0, 0.1) is 0 Å². The summed E-state index contributed by atoms with van der Waals surface area (Å²) in [4.78, 5) is 14.1. The molecule has 0 atom stereocenters. The van der Waals surface area contributed by atoms with E-state index in [1.807, 2.05) is 29.2 Å². The number of amides is 1. The van der Waals surface area contributed by atoms with Gasteiger partial charge in [-0.15, -0.1) is 0 Å². The second-order valence-electron chi connectivity index (χ2n) is 4.82. The summed E-state index contributed by atoms with van der Waals surface area (Å²) in [6, 6.07) is 7.62. The van der Waals surface area contributed by atoms with Gasteiger partial charge < -0.3 is 10.1 Å². The van der Waals surface area contributed by atoms with Crippen LogP contribution in [0.3, 0.4) is 0 Å². The second kappa shape index (κ2) is 6.36. The molecular weight excluding hydrogens is 240 g/mol. The predicted molar refractivity (Wildman–Crippen MR) is 75.9 cm³/mol. The summed E-state index contributed by atoms with van der Waals surface area (Å²) in [7, 11) is 0.